The van der Waals surface area contributed by atoms with Gasteiger partial charge in [0.15, 0.2) is 0 Å². The number of ketones is 1. The van der Waals surface area contributed by atoms with Crippen molar-refractivity contribution in [1.82, 2.24) is 9.80 Å². The van der Waals surface area contributed by atoms with Gasteiger partial charge < -0.3 is 10.2 Å². The average Bonchev–Trinajstić information content (AvgIpc) is 3.51. The summed E-state index contributed by atoms with van der Waals surface area (Å²) in [6, 6.07) is 16.7. The average molecular weight is 607 g/mol. The Labute approximate surface area is 253 Å². The van der Waals surface area contributed by atoms with Crippen molar-refractivity contribution in [3.63, 3.8) is 0 Å². The highest BCUT2D eigenvalue weighted by Crippen LogP contribution is 2.61. The lowest BCUT2D eigenvalue weighted by atomic mass is 9.73. The van der Waals surface area contributed by atoms with Gasteiger partial charge in [0.2, 0.25) is 5.91 Å². The third-order valence-corrected chi connectivity index (χ3v) is 9.96. The number of halogens is 3. The van der Waals surface area contributed by atoms with Crippen LogP contribution in [-0.2, 0) is 21.5 Å². The molecule has 3 heterocycles. The molecule has 1 unspecified atom stereocenters. The fraction of sp³-hybridized carbons (Fsp3) is 0.364. The van der Waals surface area contributed by atoms with Crippen molar-refractivity contribution in [2.45, 2.75) is 56.1 Å². The Kier molecular flexibility index (Phi) is 6.68. The van der Waals surface area contributed by atoms with Crippen molar-refractivity contribution in [3.8, 4) is 0 Å². The molecule has 1 spiro atoms. The van der Waals surface area contributed by atoms with Crippen LogP contribution in [0.3, 0.4) is 0 Å². The predicted molar refractivity (Wildman–Crippen MR) is 159 cm³/mol. The lowest BCUT2D eigenvalue weighted by molar-refractivity contribution is -0.128. The first-order valence-corrected chi connectivity index (χ1v) is 15.2. The zero-order chi connectivity index (χ0) is 29.3. The highest BCUT2D eigenvalue weighted by molar-refractivity contribution is 6.31. The molecule has 42 heavy (non-hydrogen) atoms. The molecule has 2 saturated heterocycles. The summed E-state index contributed by atoms with van der Waals surface area (Å²) in [4.78, 5) is 44.2. The van der Waals surface area contributed by atoms with E-state index >= 15 is 4.39 Å². The second kappa shape index (κ2) is 10.2. The van der Waals surface area contributed by atoms with Crippen LogP contribution in [-0.4, -0.2) is 52.6 Å². The minimum Gasteiger partial charge on any atom is -0.333 e. The SMILES string of the molecule is CC(=O)Cc1ccc(C(=O)N2CC[C@H]3C2[C@H](c2cccc(Cl)c2F)[C@]2(C(=O)Nc4cc(Cl)ccc42)N3CC2CC2)cc1. The molecule has 0 radical (unpaired) electrons. The van der Waals surface area contributed by atoms with E-state index < -0.39 is 23.3 Å². The van der Waals surface area contributed by atoms with Crippen molar-refractivity contribution in [2.24, 2.45) is 5.92 Å². The third-order valence-electron chi connectivity index (χ3n) is 9.43. The topological polar surface area (TPSA) is 69.7 Å². The summed E-state index contributed by atoms with van der Waals surface area (Å²) < 4.78 is 16.1. The van der Waals surface area contributed by atoms with Crippen molar-refractivity contribution >= 4 is 46.5 Å². The highest BCUT2D eigenvalue weighted by atomic mass is 35.5. The third kappa shape index (κ3) is 4.20. The number of Topliss-reactive ketones (excluding diaryl/α,β-unsaturated/α-hetero) is 1. The van der Waals surface area contributed by atoms with Gasteiger partial charge in [-0.15, -0.1) is 0 Å². The summed E-state index contributed by atoms with van der Waals surface area (Å²) in [6.45, 7) is 2.69. The standard InChI is InChI=1S/C33H30Cl2FN3O3/c1-18(40)15-19-7-9-21(10-8-19)31(41)38-14-13-27-30(38)28(23-3-2-4-25(35)29(23)36)33(39(27)17-20-5-6-20)24-12-11-22(34)16-26(24)37-32(33)42/h2-4,7-12,16,20,27-28,30H,5-6,13-15,17H2,1H3,(H,37,42)/t27-,28-,30?,33+/m0/s1. The molecule has 4 aliphatic rings. The summed E-state index contributed by atoms with van der Waals surface area (Å²) in [6.07, 6.45) is 3.10. The van der Waals surface area contributed by atoms with Crippen LogP contribution in [0.25, 0.3) is 0 Å². The zero-order valence-electron chi connectivity index (χ0n) is 23.1. The Balaban J connectivity index is 1.40. The van der Waals surface area contributed by atoms with E-state index in [1.807, 2.05) is 11.0 Å². The number of amides is 2. The van der Waals surface area contributed by atoms with E-state index in [1.54, 1.807) is 48.5 Å². The van der Waals surface area contributed by atoms with Crippen molar-refractivity contribution in [1.29, 1.82) is 0 Å². The molecule has 3 aromatic carbocycles. The number of nitrogens with zero attached hydrogens (tertiary/aromatic N) is 2. The second-order valence-corrected chi connectivity index (χ2v) is 12.9. The van der Waals surface area contributed by atoms with Crippen molar-refractivity contribution in [3.05, 3.63) is 98.8 Å². The quantitative estimate of drug-likeness (QED) is 0.363. The molecular formula is C33H30Cl2FN3O3. The molecule has 6 nitrogen and oxygen atoms in total. The lowest BCUT2D eigenvalue weighted by Crippen LogP contribution is -2.53. The van der Waals surface area contributed by atoms with Crippen LogP contribution < -0.4 is 5.32 Å². The van der Waals surface area contributed by atoms with Gasteiger partial charge in [-0.1, -0.05) is 53.5 Å². The maximum Gasteiger partial charge on any atom is 0.254 e. The van der Waals surface area contributed by atoms with Gasteiger partial charge in [0.1, 0.15) is 17.1 Å². The van der Waals surface area contributed by atoms with Gasteiger partial charge in [-0.3, -0.25) is 19.3 Å². The van der Waals surface area contributed by atoms with Crippen LogP contribution in [0, 0.1) is 11.7 Å². The molecule has 1 aliphatic carbocycles. The monoisotopic (exact) mass is 605 g/mol. The molecule has 3 aromatic rings. The highest BCUT2D eigenvalue weighted by Gasteiger charge is 2.70. The summed E-state index contributed by atoms with van der Waals surface area (Å²) in [5.41, 5.74) is 1.77. The molecule has 216 valence electrons. The lowest BCUT2D eigenvalue weighted by Gasteiger charge is -2.41. The molecule has 3 aliphatic heterocycles. The van der Waals surface area contributed by atoms with Gasteiger partial charge >= 0.3 is 0 Å². The summed E-state index contributed by atoms with van der Waals surface area (Å²) in [5.74, 6) is -1.22. The van der Waals surface area contributed by atoms with E-state index in [0.29, 0.717) is 53.7 Å². The van der Waals surface area contributed by atoms with Gasteiger partial charge in [-0.25, -0.2) is 4.39 Å². The van der Waals surface area contributed by atoms with Crippen LogP contribution >= 0.6 is 23.2 Å². The fourth-order valence-electron chi connectivity index (χ4n) is 7.60. The summed E-state index contributed by atoms with van der Waals surface area (Å²) in [5, 5.41) is 3.54. The van der Waals surface area contributed by atoms with E-state index in [4.69, 9.17) is 23.2 Å². The Morgan fingerprint density at radius 3 is 2.52 bits per heavy atom. The number of carbonyl (C=O) groups is 3. The zero-order valence-corrected chi connectivity index (χ0v) is 24.6. The number of nitrogens with one attached hydrogen (secondary N) is 1. The molecule has 1 saturated carbocycles. The normalized spacial score (nSPS) is 26.4. The Morgan fingerprint density at radius 1 is 1.05 bits per heavy atom. The maximum absolute atomic E-state index is 16.1. The number of benzene rings is 3. The van der Waals surface area contributed by atoms with Crippen LogP contribution in [0.2, 0.25) is 10.0 Å². The van der Waals surface area contributed by atoms with Gasteiger partial charge in [0, 0.05) is 53.3 Å². The number of hydrogen-bond acceptors (Lipinski definition) is 4. The first-order valence-electron chi connectivity index (χ1n) is 14.4. The number of anilines is 1. The number of likely N-dealkylation sites (tertiary alicyclic amines) is 2. The van der Waals surface area contributed by atoms with E-state index in [2.05, 4.69) is 10.2 Å². The number of fused-ring (bicyclic) bond motifs is 3. The van der Waals surface area contributed by atoms with Crippen LogP contribution in [0.4, 0.5) is 10.1 Å². The largest absolute Gasteiger partial charge is 0.333 e. The van der Waals surface area contributed by atoms with Gasteiger partial charge in [0.25, 0.3) is 5.91 Å². The molecule has 2 amide bonds. The van der Waals surface area contributed by atoms with Crippen molar-refractivity contribution < 1.29 is 18.8 Å². The van der Waals surface area contributed by atoms with Gasteiger partial charge in [0.05, 0.1) is 11.1 Å². The fourth-order valence-corrected chi connectivity index (χ4v) is 7.95. The summed E-state index contributed by atoms with van der Waals surface area (Å²) >= 11 is 12.7. The Hall–Kier alpha value is -3.26. The van der Waals surface area contributed by atoms with Crippen LogP contribution in [0.15, 0.2) is 60.7 Å². The maximum atomic E-state index is 16.1. The molecule has 1 N–H and O–H groups in total. The smallest absolute Gasteiger partial charge is 0.254 e. The summed E-state index contributed by atoms with van der Waals surface area (Å²) in [7, 11) is 0. The molecule has 0 aromatic heterocycles. The number of rotatable bonds is 6. The second-order valence-electron chi connectivity index (χ2n) is 12.0. The van der Waals surface area contributed by atoms with Gasteiger partial charge in [-0.05, 0) is 73.6 Å². The van der Waals surface area contributed by atoms with E-state index in [1.165, 1.54) is 13.0 Å². The molecular weight excluding hydrogens is 576 g/mol. The van der Waals surface area contributed by atoms with Crippen LogP contribution in [0.5, 0.6) is 0 Å². The van der Waals surface area contributed by atoms with E-state index in [-0.39, 0.29) is 28.7 Å². The molecule has 9 heteroatoms. The molecule has 7 rings (SSSR count). The van der Waals surface area contributed by atoms with E-state index in [0.717, 1.165) is 24.0 Å². The van der Waals surface area contributed by atoms with Crippen molar-refractivity contribution in [2.75, 3.05) is 18.4 Å². The van der Waals surface area contributed by atoms with Crippen LogP contribution in [0.1, 0.15) is 59.2 Å². The van der Waals surface area contributed by atoms with Gasteiger partial charge in [-0.2, -0.15) is 0 Å². The predicted octanol–water partition coefficient (Wildman–Crippen LogP) is 6.20. The number of hydrogen-bond donors (Lipinski definition) is 1. The first-order chi connectivity index (χ1) is 20.2. The minimum absolute atomic E-state index is 0.0217. The first kappa shape index (κ1) is 27.6. The molecule has 0 bridgehead atoms. The van der Waals surface area contributed by atoms with E-state index in [9.17, 15) is 14.4 Å². The molecule has 3 fully saturated rings. The Morgan fingerprint density at radius 2 is 1.81 bits per heavy atom. The number of carbonyl (C=O) groups excluding carboxylic acids is 3. The Bertz CT molecular complexity index is 1630. The molecule has 4 atom stereocenters. The minimum atomic E-state index is -1.24.